The van der Waals surface area contributed by atoms with E-state index in [1.807, 2.05) is 18.2 Å². The van der Waals surface area contributed by atoms with E-state index in [1.54, 1.807) is 35.1 Å². The molecule has 4 aromatic rings. The second kappa shape index (κ2) is 8.16. The smallest absolute Gasteiger partial charge is 0.255 e. The van der Waals surface area contributed by atoms with Crippen molar-refractivity contribution in [3.63, 3.8) is 0 Å². The molecule has 0 radical (unpaired) electrons. The summed E-state index contributed by atoms with van der Waals surface area (Å²) in [6, 6.07) is 18.5. The lowest BCUT2D eigenvalue weighted by Gasteiger charge is -2.07. The van der Waals surface area contributed by atoms with Crippen molar-refractivity contribution in [2.45, 2.75) is 19.8 Å². The predicted molar refractivity (Wildman–Crippen MR) is 119 cm³/mol. The van der Waals surface area contributed by atoms with Gasteiger partial charge >= 0.3 is 0 Å². The van der Waals surface area contributed by atoms with Crippen molar-refractivity contribution in [1.29, 1.82) is 0 Å². The summed E-state index contributed by atoms with van der Waals surface area (Å²) < 4.78 is 5.12. The van der Waals surface area contributed by atoms with E-state index in [0.29, 0.717) is 33.5 Å². The summed E-state index contributed by atoms with van der Waals surface area (Å²) in [7, 11) is 1.53. The molecule has 4 rings (SSSR count). The van der Waals surface area contributed by atoms with Crippen LogP contribution < -0.4 is 10.1 Å². The number of nitrogens with zero attached hydrogens (tertiary/aromatic N) is 3. The number of amides is 1. The van der Waals surface area contributed by atoms with Crippen LogP contribution in [0.3, 0.4) is 0 Å². The van der Waals surface area contributed by atoms with Crippen molar-refractivity contribution in [2.24, 2.45) is 0 Å². The van der Waals surface area contributed by atoms with Crippen molar-refractivity contribution in [3.8, 4) is 11.4 Å². The first-order valence-electron chi connectivity index (χ1n) is 9.57. The van der Waals surface area contributed by atoms with Crippen molar-refractivity contribution in [2.75, 3.05) is 12.4 Å². The number of carbonyl (C=O) groups is 1. The van der Waals surface area contributed by atoms with E-state index in [-0.39, 0.29) is 5.91 Å². The summed E-state index contributed by atoms with van der Waals surface area (Å²) in [4.78, 5) is 14.2. The zero-order chi connectivity index (χ0) is 21.3. The standard InChI is InChI=1S/C23H21ClN4O2/c1-14(2)15-4-8-18(9-5-15)28-26-20-10-7-17(13-21(20)27-28)25-23(29)16-6-11-22(30-3)19(24)12-16/h4-14H,1-3H3,(H,25,29). The zero-order valence-electron chi connectivity index (χ0n) is 16.9. The van der Waals surface area contributed by atoms with Gasteiger partial charge in [0.15, 0.2) is 0 Å². The largest absolute Gasteiger partial charge is 0.495 e. The fourth-order valence-corrected chi connectivity index (χ4v) is 3.37. The number of anilines is 1. The third-order valence-electron chi connectivity index (χ3n) is 4.84. The Balaban J connectivity index is 1.56. The number of methoxy groups -OCH3 is 1. The molecule has 7 heteroatoms. The number of hydrogen-bond donors (Lipinski definition) is 1. The minimum Gasteiger partial charge on any atom is -0.495 e. The zero-order valence-corrected chi connectivity index (χ0v) is 17.6. The Bertz CT molecular complexity index is 1220. The van der Waals surface area contributed by atoms with Crippen LogP contribution in [0.25, 0.3) is 16.7 Å². The van der Waals surface area contributed by atoms with Gasteiger partial charge in [-0.1, -0.05) is 37.6 Å². The molecule has 0 saturated heterocycles. The van der Waals surface area contributed by atoms with Gasteiger partial charge in [0.25, 0.3) is 5.91 Å². The molecule has 1 N–H and O–H groups in total. The Labute approximate surface area is 179 Å². The predicted octanol–water partition coefficient (Wildman–Crippen LogP) is 5.46. The highest BCUT2D eigenvalue weighted by Gasteiger charge is 2.11. The Hall–Kier alpha value is -3.38. The number of rotatable bonds is 5. The van der Waals surface area contributed by atoms with Crippen LogP contribution in [-0.2, 0) is 0 Å². The first kappa shape index (κ1) is 19.9. The second-order valence-corrected chi connectivity index (χ2v) is 7.65. The van der Waals surface area contributed by atoms with Crippen LogP contribution in [0, 0.1) is 0 Å². The quantitative estimate of drug-likeness (QED) is 0.465. The molecule has 0 bridgehead atoms. The van der Waals surface area contributed by atoms with Gasteiger partial charge in [-0.15, -0.1) is 10.2 Å². The highest BCUT2D eigenvalue weighted by Crippen LogP contribution is 2.26. The van der Waals surface area contributed by atoms with Gasteiger partial charge in [0, 0.05) is 11.3 Å². The van der Waals surface area contributed by atoms with Gasteiger partial charge in [0.2, 0.25) is 0 Å². The van der Waals surface area contributed by atoms with Crippen molar-refractivity contribution >= 4 is 34.2 Å². The van der Waals surface area contributed by atoms with Crippen LogP contribution in [0.15, 0.2) is 60.7 Å². The molecule has 0 fully saturated rings. The second-order valence-electron chi connectivity index (χ2n) is 7.24. The Morgan fingerprint density at radius 1 is 1.00 bits per heavy atom. The maximum absolute atomic E-state index is 12.6. The van der Waals surface area contributed by atoms with Gasteiger partial charge in [0.05, 0.1) is 17.8 Å². The van der Waals surface area contributed by atoms with Gasteiger partial charge in [-0.3, -0.25) is 4.79 Å². The molecular formula is C23H21ClN4O2. The summed E-state index contributed by atoms with van der Waals surface area (Å²) in [5.74, 6) is 0.721. The third kappa shape index (κ3) is 4.00. The van der Waals surface area contributed by atoms with Crippen LogP contribution >= 0.6 is 11.6 Å². The molecule has 1 aromatic heterocycles. The molecule has 1 heterocycles. The Morgan fingerprint density at radius 3 is 2.40 bits per heavy atom. The molecular weight excluding hydrogens is 400 g/mol. The van der Waals surface area contributed by atoms with E-state index in [2.05, 4.69) is 41.5 Å². The summed E-state index contributed by atoms with van der Waals surface area (Å²) in [6.45, 7) is 4.32. The average molecular weight is 421 g/mol. The fraction of sp³-hybridized carbons (Fsp3) is 0.174. The maximum Gasteiger partial charge on any atom is 0.255 e. The lowest BCUT2D eigenvalue weighted by molar-refractivity contribution is 0.102. The van der Waals surface area contributed by atoms with E-state index in [1.165, 1.54) is 12.7 Å². The molecule has 152 valence electrons. The summed E-state index contributed by atoms with van der Waals surface area (Å²) in [5, 5.41) is 12.3. The third-order valence-corrected chi connectivity index (χ3v) is 5.14. The normalized spacial score (nSPS) is 11.1. The van der Waals surface area contributed by atoms with Crippen molar-refractivity contribution in [1.82, 2.24) is 15.0 Å². The minimum atomic E-state index is -0.268. The van der Waals surface area contributed by atoms with Crippen molar-refractivity contribution in [3.05, 3.63) is 76.8 Å². The molecule has 0 atom stereocenters. The lowest BCUT2D eigenvalue weighted by Crippen LogP contribution is -2.11. The fourth-order valence-electron chi connectivity index (χ4n) is 3.11. The SMILES string of the molecule is COc1ccc(C(=O)Nc2ccc3nn(-c4ccc(C(C)C)cc4)nc3c2)cc1Cl. The molecule has 0 aliphatic carbocycles. The summed E-state index contributed by atoms with van der Waals surface area (Å²) in [5.41, 5.74) is 4.64. The van der Waals surface area contributed by atoms with Gasteiger partial charge in [0.1, 0.15) is 16.8 Å². The van der Waals surface area contributed by atoms with Gasteiger partial charge in [-0.05, 0) is 60.0 Å². The first-order chi connectivity index (χ1) is 14.4. The number of hydrogen-bond acceptors (Lipinski definition) is 4. The molecule has 0 saturated carbocycles. The van der Waals surface area contributed by atoms with Gasteiger partial charge < -0.3 is 10.1 Å². The van der Waals surface area contributed by atoms with Crippen LogP contribution in [0.1, 0.15) is 35.7 Å². The lowest BCUT2D eigenvalue weighted by atomic mass is 10.0. The van der Waals surface area contributed by atoms with Crippen LogP contribution in [-0.4, -0.2) is 28.0 Å². The van der Waals surface area contributed by atoms with E-state index in [4.69, 9.17) is 16.3 Å². The van der Waals surface area contributed by atoms with E-state index >= 15 is 0 Å². The number of ether oxygens (including phenoxy) is 1. The number of aromatic nitrogens is 3. The van der Waals surface area contributed by atoms with E-state index in [9.17, 15) is 4.79 Å². The number of fused-ring (bicyclic) bond motifs is 1. The Kier molecular flexibility index (Phi) is 5.42. The number of nitrogens with one attached hydrogen (secondary N) is 1. The Morgan fingerprint density at radius 2 is 1.73 bits per heavy atom. The average Bonchev–Trinajstić information content (AvgIpc) is 3.17. The summed E-state index contributed by atoms with van der Waals surface area (Å²) >= 11 is 6.12. The number of carbonyl (C=O) groups excluding carboxylic acids is 1. The molecule has 0 spiro atoms. The molecule has 0 unspecified atom stereocenters. The van der Waals surface area contributed by atoms with Crippen molar-refractivity contribution < 1.29 is 9.53 Å². The van der Waals surface area contributed by atoms with E-state index < -0.39 is 0 Å². The van der Waals surface area contributed by atoms with Crippen LogP contribution in [0.4, 0.5) is 5.69 Å². The maximum atomic E-state index is 12.6. The van der Waals surface area contributed by atoms with E-state index in [0.717, 1.165) is 11.2 Å². The molecule has 30 heavy (non-hydrogen) atoms. The molecule has 0 aliphatic heterocycles. The number of benzene rings is 3. The van der Waals surface area contributed by atoms with Gasteiger partial charge in [-0.2, -0.15) is 4.80 Å². The molecule has 0 aliphatic rings. The van der Waals surface area contributed by atoms with Crippen LogP contribution in [0.2, 0.25) is 5.02 Å². The molecule has 6 nitrogen and oxygen atoms in total. The van der Waals surface area contributed by atoms with Gasteiger partial charge in [-0.25, -0.2) is 0 Å². The highest BCUT2D eigenvalue weighted by molar-refractivity contribution is 6.32. The highest BCUT2D eigenvalue weighted by atomic mass is 35.5. The topological polar surface area (TPSA) is 69.0 Å². The number of halogens is 1. The molecule has 1 amide bonds. The van der Waals surface area contributed by atoms with Crippen LogP contribution in [0.5, 0.6) is 5.75 Å². The first-order valence-corrected chi connectivity index (χ1v) is 9.95. The molecule has 3 aromatic carbocycles. The minimum absolute atomic E-state index is 0.268. The monoisotopic (exact) mass is 420 g/mol. The summed E-state index contributed by atoms with van der Waals surface area (Å²) in [6.07, 6.45) is 0.